The molecule has 2 aliphatic carbocycles. The zero-order chi connectivity index (χ0) is 35.5. The van der Waals surface area contributed by atoms with Gasteiger partial charge in [-0.3, -0.25) is 14.5 Å². The number of carbonyl (C=O) groups excluding carboxylic acids is 2. The van der Waals surface area contributed by atoms with Gasteiger partial charge >= 0.3 is 6.03 Å². The third-order valence-corrected chi connectivity index (χ3v) is 9.84. The third kappa shape index (κ3) is 7.89. The van der Waals surface area contributed by atoms with Crippen molar-refractivity contribution < 1.29 is 19.4 Å². The van der Waals surface area contributed by atoms with Gasteiger partial charge in [0.1, 0.15) is 23.5 Å². The van der Waals surface area contributed by atoms with Crippen molar-refractivity contribution in [2.75, 3.05) is 38.6 Å². The fraction of sp³-hybridized carbons (Fsp3) is 0.514. The largest absolute Gasteiger partial charge is 0.484 e. The van der Waals surface area contributed by atoms with E-state index in [9.17, 15) is 9.59 Å². The lowest BCUT2D eigenvalue weighted by Crippen LogP contribution is -2.37. The molecule has 50 heavy (non-hydrogen) atoms. The summed E-state index contributed by atoms with van der Waals surface area (Å²) >= 11 is 0. The number of aromatic nitrogens is 5. The van der Waals surface area contributed by atoms with Gasteiger partial charge in [0.15, 0.2) is 5.65 Å². The number of pyridine rings is 1. The first-order valence-electron chi connectivity index (χ1n) is 17.6. The first-order valence-corrected chi connectivity index (χ1v) is 17.6. The van der Waals surface area contributed by atoms with E-state index in [0.717, 1.165) is 41.2 Å². The van der Waals surface area contributed by atoms with E-state index in [1.165, 1.54) is 12.8 Å². The van der Waals surface area contributed by atoms with E-state index in [-0.39, 0.29) is 35.8 Å². The average molecular weight is 684 g/mol. The molecule has 1 aromatic carbocycles. The van der Waals surface area contributed by atoms with Crippen LogP contribution < -0.4 is 20.7 Å². The highest BCUT2D eigenvalue weighted by Crippen LogP contribution is 2.41. The Kier molecular flexibility index (Phi) is 10.4. The van der Waals surface area contributed by atoms with Crippen LogP contribution in [0.5, 0.6) is 5.75 Å². The van der Waals surface area contributed by atoms with Crippen molar-refractivity contribution in [3.63, 3.8) is 0 Å². The van der Waals surface area contributed by atoms with Gasteiger partial charge in [0.25, 0.3) is 5.91 Å². The Morgan fingerprint density at radius 2 is 1.80 bits per heavy atom. The monoisotopic (exact) mass is 683 g/mol. The number of likely N-dealkylation sites (N-methyl/N-ethyl adjacent to an activating group) is 1. The summed E-state index contributed by atoms with van der Waals surface area (Å²) in [7, 11) is 1.86. The van der Waals surface area contributed by atoms with Crippen LogP contribution in [0.4, 0.5) is 10.6 Å². The number of fused-ring (bicyclic) bond motifs is 2. The first kappa shape index (κ1) is 35.2. The van der Waals surface area contributed by atoms with Crippen LogP contribution in [0.3, 0.4) is 0 Å². The van der Waals surface area contributed by atoms with Crippen molar-refractivity contribution in [3.8, 4) is 5.75 Å². The van der Waals surface area contributed by atoms with Gasteiger partial charge in [0.05, 0.1) is 24.5 Å². The number of nitrogens with one attached hydrogen (secondary N) is 3. The molecule has 266 valence electrons. The summed E-state index contributed by atoms with van der Waals surface area (Å²) in [5.74, 6) is 1.53. The van der Waals surface area contributed by atoms with Crippen LogP contribution >= 0.6 is 0 Å². The molecule has 0 bridgehead atoms. The molecule has 0 unspecified atom stereocenters. The van der Waals surface area contributed by atoms with Crippen molar-refractivity contribution in [1.82, 2.24) is 40.1 Å². The number of rotatable bonds is 11. The number of aliphatic hydroxyl groups excluding tert-OH is 1. The number of hydrogen-bond donors (Lipinski definition) is 4. The molecule has 6 rings (SSSR count). The van der Waals surface area contributed by atoms with Crippen LogP contribution in [0, 0.1) is 0 Å². The van der Waals surface area contributed by atoms with E-state index in [2.05, 4.69) is 53.5 Å². The van der Waals surface area contributed by atoms with Crippen molar-refractivity contribution >= 4 is 23.4 Å². The highest BCUT2D eigenvalue weighted by atomic mass is 16.5. The Morgan fingerprint density at radius 1 is 1.04 bits per heavy atom. The Morgan fingerprint density at radius 3 is 2.54 bits per heavy atom. The highest BCUT2D eigenvalue weighted by Gasteiger charge is 2.35. The Balaban J connectivity index is 1.14. The van der Waals surface area contributed by atoms with Gasteiger partial charge in [-0.15, -0.1) is 10.2 Å². The molecule has 3 aromatic heterocycles. The summed E-state index contributed by atoms with van der Waals surface area (Å²) in [5, 5.41) is 26.9. The van der Waals surface area contributed by atoms with E-state index in [1.54, 1.807) is 6.07 Å². The fourth-order valence-corrected chi connectivity index (χ4v) is 6.95. The molecule has 3 heterocycles. The molecule has 13 nitrogen and oxygen atoms in total. The van der Waals surface area contributed by atoms with E-state index >= 15 is 0 Å². The summed E-state index contributed by atoms with van der Waals surface area (Å²) in [6.45, 7) is 9.71. The molecule has 0 aliphatic heterocycles. The molecule has 0 radical (unpaired) electrons. The van der Waals surface area contributed by atoms with Gasteiger partial charge in [-0.1, -0.05) is 64.8 Å². The van der Waals surface area contributed by atoms with Gasteiger partial charge in [-0.2, -0.15) is 0 Å². The molecule has 0 saturated heterocycles. The van der Waals surface area contributed by atoms with Crippen molar-refractivity contribution in [2.45, 2.75) is 89.2 Å². The predicted molar refractivity (Wildman–Crippen MR) is 190 cm³/mol. The second kappa shape index (κ2) is 14.7. The maximum Gasteiger partial charge on any atom is 0.320 e. The van der Waals surface area contributed by atoms with Crippen LogP contribution in [-0.4, -0.2) is 79.8 Å². The fourth-order valence-electron chi connectivity index (χ4n) is 6.95. The normalized spacial score (nSPS) is 18.5. The van der Waals surface area contributed by atoms with Gasteiger partial charge in [0, 0.05) is 36.5 Å². The zero-order valence-electron chi connectivity index (χ0n) is 29.7. The Bertz CT molecular complexity index is 1830. The number of aliphatic hydroxyl groups is 1. The van der Waals surface area contributed by atoms with Crippen molar-refractivity contribution in [1.29, 1.82) is 0 Å². The van der Waals surface area contributed by atoms with Gasteiger partial charge in [-0.25, -0.2) is 14.8 Å². The lowest BCUT2D eigenvalue weighted by molar-refractivity contribution is 0.0938. The maximum atomic E-state index is 13.4. The number of ether oxygens (including phenoxy) is 1. The summed E-state index contributed by atoms with van der Waals surface area (Å²) in [5.41, 5.74) is 3.08. The minimum Gasteiger partial charge on any atom is -0.484 e. The molecule has 4 N–H and O–H groups in total. The minimum absolute atomic E-state index is 0.0151. The molecule has 13 heteroatoms. The number of carbonyl (C=O) groups is 2. The lowest BCUT2D eigenvalue weighted by atomic mass is 9.85. The number of urea groups is 1. The first-order chi connectivity index (χ1) is 23.9. The molecule has 3 amide bonds. The zero-order valence-corrected chi connectivity index (χ0v) is 29.7. The smallest absolute Gasteiger partial charge is 0.320 e. The highest BCUT2D eigenvalue weighted by molar-refractivity contribution is 5.92. The SMILES string of the molecule is CN(CCO)CCNC(=O)c1nc(NC(=O)N[C@H]2CC[C@@H](Oc3ccc4nnc(C5(C)CCCC5)n4c3)c3ccccc32)cc(C(C)(C)C)n1. The lowest BCUT2D eigenvalue weighted by Gasteiger charge is -2.32. The quantitative estimate of drug-likeness (QED) is 0.169. The van der Waals surface area contributed by atoms with Gasteiger partial charge in [0.2, 0.25) is 5.82 Å². The maximum absolute atomic E-state index is 13.4. The Hall–Kier alpha value is -4.62. The molecular formula is C37H49N9O4. The average Bonchev–Trinajstić information content (AvgIpc) is 3.72. The predicted octanol–water partition coefficient (Wildman–Crippen LogP) is 5.08. The molecule has 1 fully saturated rings. The Labute approximate surface area is 293 Å². The summed E-state index contributed by atoms with van der Waals surface area (Å²) in [6, 6.07) is 13.0. The van der Waals surface area contributed by atoms with E-state index in [1.807, 2.05) is 69.2 Å². The van der Waals surface area contributed by atoms with Crippen LogP contribution in [-0.2, 0) is 10.8 Å². The summed E-state index contributed by atoms with van der Waals surface area (Å²) in [4.78, 5) is 37.2. The standard InChI is InChI=1S/C37H49N9O4/c1-36(2,3)29-22-30(41-32(40-29)33(48)38-18-19-45(5)20-21-47)42-35(49)39-27-13-14-28(26-11-7-6-10-25(26)27)50-24-12-15-31-43-44-34(46(31)23-24)37(4)16-8-9-17-37/h6-7,10-12,15,22-23,27-28,47H,8-9,13-14,16-21H2,1-5H3,(H,38,48)(H2,39,40,41,42,49)/t27-,28+/m0/s1. The van der Waals surface area contributed by atoms with E-state index in [0.29, 0.717) is 38.2 Å². The number of amides is 3. The molecule has 4 aromatic rings. The van der Waals surface area contributed by atoms with Crippen LogP contribution in [0.15, 0.2) is 48.7 Å². The number of benzene rings is 1. The molecular weight excluding hydrogens is 634 g/mol. The summed E-state index contributed by atoms with van der Waals surface area (Å²) < 4.78 is 8.70. The second-order valence-corrected chi connectivity index (χ2v) is 14.8. The second-order valence-electron chi connectivity index (χ2n) is 14.8. The van der Waals surface area contributed by atoms with Gasteiger partial charge in [-0.05, 0) is 56.0 Å². The van der Waals surface area contributed by atoms with Gasteiger partial charge < -0.3 is 25.4 Å². The number of hydrogen-bond acceptors (Lipinski definition) is 9. The number of nitrogens with zero attached hydrogens (tertiary/aromatic N) is 6. The van der Waals surface area contributed by atoms with Crippen LogP contribution in [0.25, 0.3) is 5.65 Å². The topological polar surface area (TPSA) is 159 Å². The molecule has 1 saturated carbocycles. The molecule has 0 spiro atoms. The third-order valence-electron chi connectivity index (χ3n) is 9.84. The van der Waals surface area contributed by atoms with E-state index in [4.69, 9.17) is 9.84 Å². The molecule has 2 atom stereocenters. The summed E-state index contributed by atoms with van der Waals surface area (Å²) in [6.07, 6.45) is 7.80. The van der Waals surface area contributed by atoms with Crippen molar-refractivity contribution in [2.24, 2.45) is 0 Å². The molecule has 2 aliphatic rings. The number of anilines is 1. The van der Waals surface area contributed by atoms with E-state index < -0.39 is 17.4 Å². The van der Waals surface area contributed by atoms with Crippen molar-refractivity contribution in [3.05, 3.63) is 77.1 Å². The minimum atomic E-state index is -0.434. The van der Waals surface area contributed by atoms with Crippen LogP contribution in [0.1, 0.15) is 112 Å². The van der Waals surface area contributed by atoms with Crippen LogP contribution in [0.2, 0.25) is 0 Å².